The van der Waals surface area contributed by atoms with Crippen molar-refractivity contribution < 1.29 is 23.1 Å². The molecule has 1 amide bonds. The molecule has 0 bridgehead atoms. The number of aromatic nitrogens is 1. The van der Waals surface area contributed by atoms with Gasteiger partial charge in [0.05, 0.1) is 17.4 Å². The molecule has 0 aliphatic rings. The van der Waals surface area contributed by atoms with E-state index in [1.165, 1.54) is 48.7 Å². The molecule has 166 valence electrons. The van der Waals surface area contributed by atoms with E-state index in [0.717, 1.165) is 0 Å². The van der Waals surface area contributed by atoms with E-state index in [1.54, 1.807) is 29.7 Å². The maximum atomic E-state index is 13.6. The first-order valence-electron chi connectivity index (χ1n) is 10.0. The van der Waals surface area contributed by atoms with E-state index in [1.807, 2.05) is 12.1 Å². The van der Waals surface area contributed by atoms with Crippen molar-refractivity contribution in [2.45, 2.75) is 6.92 Å². The Kier molecular flexibility index (Phi) is 6.26. The summed E-state index contributed by atoms with van der Waals surface area (Å²) in [5.74, 6) is -1.86. The third-order valence-electron chi connectivity index (χ3n) is 5.04. The van der Waals surface area contributed by atoms with Crippen molar-refractivity contribution in [3.05, 3.63) is 107 Å². The Bertz CT molecular complexity index is 1360. The number of carbonyl (C=O) groups is 2. The summed E-state index contributed by atoms with van der Waals surface area (Å²) in [5, 5.41) is 3.97. The molecule has 4 rings (SSSR count). The van der Waals surface area contributed by atoms with E-state index in [9.17, 15) is 18.4 Å². The minimum Gasteiger partial charge on any atom is -0.481 e. The zero-order valence-corrected chi connectivity index (χ0v) is 17.6. The molecule has 1 N–H and O–H groups in total. The summed E-state index contributed by atoms with van der Waals surface area (Å²) in [5.41, 5.74) is 5.09. The van der Waals surface area contributed by atoms with Gasteiger partial charge in [0.25, 0.3) is 5.91 Å². The molecule has 33 heavy (non-hydrogen) atoms. The molecular weight excluding hydrogens is 428 g/mol. The fourth-order valence-electron chi connectivity index (χ4n) is 3.44. The molecular formula is C25H19F2N3O3. The van der Waals surface area contributed by atoms with Crippen molar-refractivity contribution in [3.8, 4) is 5.75 Å². The Morgan fingerprint density at radius 2 is 1.76 bits per heavy atom. The van der Waals surface area contributed by atoms with Crippen LogP contribution in [0.15, 0.2) is 78.0 Å². The number of nitrogens with one attached hydrogen (secondary N) is 1. The van der Waals surface area contributed by atoms with Crippen molar-refractivity contribution >= 4 is 23.4 Å². The number of fused-ring (bicyclic) bond motifs is 1. The zero-order valence-electron chi connectivity index (χ0n) is 17.6. The number of pyridine rings is 1. The lowest BCUT2D eigenvalue weighted by Crippen LogP contribution is -2.24. The van der Waals surface area contributed by atoms with Gasteiger partial charge in [-0.05, 0) is 61.0 Å². The van der Waals surface area contributed by atoms with Crippen molar-refractivity contribution in [1.82, 2.24) is 9.83 Å². The normalized spacial score (nSPS) is 11.1. The average Bonchev–Trinajstić information content (AvgIpc) is 3.10. The SMILES string of the molecule is Cc1c(/C=N/NC(=O)COc2ccccc2F)c2ccccn2c1C(=O)c1ccc(F)cc1. The number of rotatable bonds is 7. The van der Waals surface area contributed by atoms with Crippen LogP contribution in [0.3, 0.4) is 0 Å². The van der Waals surface area contributed by atoms with E-state index in [2.05, 4.69) is 10.5 Å². The predicted octanol–water partition coefficient (Wildman–Crippen LogP) is 4.29. The summed E-state index contributed by atoms with van der Waals surface area (Å²) in [6.07, 6.45) is 3.18. The van der Waals surface area contributed by atoms with Gasteiger partial charge >= 0.3 is 0 Å². The minimum atomic E-state index is -0.571. The van der Waals surface area contributed by atoms with Gasteiger partial charge in [-0.2, -0.15) is 5.10 Å². The van der Waals surface area contributed by atoms with Gasteiger partial charge in [-0.3, -0.25) is 9.59 Å². The molecule has 0 saturated heterocycles. The number of ketones is 1. The first-order valence-corrected chi connectivity index (χ1v) is 10.0. The Balaban J connectivity index is 1.54. The summed E-state index contributed by atoms with van der Waals surface area (Å²) in [4.78, 5) is 25.2. The standard InChI is InChI=1S/C25H19F2N3O3/c1-16-19(14-28-29-23(31)15-33-22-8-3-2-6-20(22)27)21-7-4-5-13-30(21)24(16)25(32)17-9-11-18(26)12-10-17/h2-14H,15H2,1H3,(H,29,31)/b28-14+. The quantitative estimate of drug-likeness (QED) is 0.261. The van der Waals surface area contributed by atoms with Crippen LogP contribution in [0.5, 0.6) is 5.75 Å². The number of hydrogen-bond acceptors (Lipinski definition) is 4. The van der Waals surface area contributed by atoms with Crippen LogP contribution in [-0.4, -0.2) is 28.9 Å². The molecule has 2 aromatic heterocycles. The van der Waals surface area contributed by atoms with Gasteiger partial charge < -0.3 is 9.14 Å². The second-order valence-electron chi connectivity index (χ2n) is 7.19. The maximum absolute atomic E-state index is 13.6. The van der Waals surface area contributed by atoms with Gasteiger partial charge in [0.1, 0.15) is 5.82 Å². The van der Waals surface area contributed by atoms with Crippen molar-refractivity contribution in [2.75, 3.05) is 6.61 Å². The molecule has 0 radical (unpaired) electrons. The van der Waals surface area contributed by atoms with Gasteiger partial charge in [0.15, 0.2) is 18.2 Å². The third-order valence-corrected chi connectivity index (χ3v) is 5.04. The van der Waals surface area contributed by atoms with Crippen LogP contribution in [-0.2, 0) is 4.79 Å². The monoisotopic (exact) mass is 447 g/mol. The second kappa shape index (κ2) is 9.44. The largest absolute Gasteiger partial charge is 0.481 e. The second-order valence-corrected chi connectivity index (χ2v) is 7.19. The van der Waals surface area contributed by atoms with Gasteiger partial charge in [-0.1, -0.05) is 18.2 Å². The lowest BCUT2D eigenvalue weighted by Gasteiger charge is -2.05. The summed E-state index contributed by atoms with van der Waals surface area (Å²) in [6.45, 7) is 1.36. The van der Waals surface area contributed by atoms with E-state index in [4.69, 9.17) is 4.74 Å². The van der Waals surface area contributed by atoms with Gasteiger partial charge in [0, 0.05) is 17.3 Å². The number of halogens is 2. The number of carbonyl (C=O) groups excluding carboxylic acids is 2. The molecule has 2 aromatic carbocycles. The van der Waals surface area contributed by atoms with Crippen molar-refractivity contribution in [3.63, 3.8) is 0 Å². The topological polar surface area (TPSA) is 72.2 Å². The lowest BCUT2D eigenvalue weighted by atomic mass is 10.0. The Morgan fingerprint density at radius 1 is 1.03 bits per heavy atom. The van der Waals surface area contributed by atoms with Crippen LogP contribution in [0.2, 0.25) is 0 Å². The number of hydrazone groups is 1. The summed E-state index contributed by atoms with van der Waals surface area (Å²) < 4.78 is 33.7. The first kappa shape index (κ1) is 21.9. The number of amides is 1. The Labute approximate surface area is 188 Å². The molecule has 0 aliphatic carbocycles. The molecule has 0 atom stereocenters. The molecule has 8 heteroatoms. The number of hydrogen-bond donors (Lipinski definition) is 1. The highest BCUT2D eigenvalue weighted by molar-refractivity contribution is 6.12. The van der Waals surface area contributed by atoms with Crippen LogP contribution in [0.1, 0.15) is 27.2 Å². The molecule has 0 aliphatic heterocycles. The lowest BCUT2D eigenvalue weighted by molar-refractivity contribution is -0.123. The summed E-state index contributed by atoms with van der Waals surface area (Å²) in [6, 6.07) is 16.5. The third kappa shape index (κ3) is 4.64. The van der Waals surface area contributed by atoms with E-state index in [-0.39, 0.29) is 11.5 Å². The molecule has 6 nitrogen and oxygen atoms in total. The van der Waals surface area contributed by atoms with Crippen LogP contribution in [0.4, 0.5) is 8.78 Å². The highest BCUT2D eigenvalue weighted by Gasteiger charge is 2.21. The number of ether oxygens (including phenoxy) is 1. The molecule has 0 fully saturated rings. The summed E-state index contributed by atoms with van der Waals surface area (Å²) in [7, 11) is 0. The first-order chi connectivity index (χ1) is 16.0. The van der Waals surface area contributed by atoms with Crippen molar-refractivity contribution in [2.24, 2.45) is 5.10 Å². The molecule has 0 saturated carbocycles. The van der Waals surface area contributed by atoms with E-state index < -0.39 is 24.1 Å². The number of nitrogens with zero attached hydrogens (tertiary/aromatic N) is 2. The van der Waals surface area contributed by atoms with E-state index in [0.29, 0.717) is 27.9 Å². The van der Waals surface area contributed by atoms with Gasteiger partial charge in [-0.25, -0.2) is 14.2 Å². The molecule has 2 heterocycles. The summed E-state index contributed by atoms with van der Waals surface area (Å²) >= 11 is 0. The smallest absolute Gasteiger partial charge is 0.277 e. The van der Waals surface area contributed by atoms with Crippen molar-refractivity contribution in [1.29, 1.82) is 0 Å². The highest BCUT2D eigenvalue weighted by Crippen LogP contribution is 2.24. The molecule has 4 aromatic rings. The van der Waals surface area contributed by atoms with Crippen LogP contribution >= 0.6 is 0 Å². The minimum absolute atomic E-state index is 0.0325. The fraction of sp³-hybridized carbons (Fsp3) is 0.0800. The maximum Gasteiger partial charge on any atom is 0.277 e. The molecule has 0 unspecified atom stereocenters. The number of para-hydroxylation sites is 1. The van der Waals surface area contributed by atoms with Crippen LogP contribution in [0, 0.1) is 18.6 Å². The number of benzene rings is 2. The Hall–Kier alpha value is -4.33. The average molecular weight is 447 g/mol. The molecule has 0 spiro atoms. The van der Waals surface area contributed by atoms with Gasteiger partial charge in [-0.15, -0.1) is 0 Å². The zero-order chi connectivity index (χ0) is 23.4. The van der Waals surface area contributed by atoms with Gasteiger partial charge in [0.2, 0.25) is 5.78 Å². The fourth-order valence-corrected chi connectivity index (χ4v) is 3.44. The predicted molar refractivity (Wildman–Crippen MR) is 120 cm³/mol. The van der Waals surface area contributed by atoms with Crippen LogP contribution < -0.4 is 10.2 Å². The Morgan fingerprint density at radius 3 is 2.52 bits per heavy atom. The van der Waals surface area contributed by atoms with E-state index >= 15 is 0 Å². The highest BCUT2D eigenvalue weighted by atomic mass is 19.1. The van der Waals surface area contributed by atoms with Crippen LogP contribution in [0.25, 0.3) is 5.52 Å².